The molecule has 0 heterocycles. The lowest BCUT2D eigenvalue weighted by Crippen LogP contribution is -2.31. The molecule has 1 rings (SSSR count). The predicted octanol–water partition coefficient (Wildman–Crippen LogP) is 3.34. The third-order valence-corrected chi connectivity index (χ3v) is 3.11. The highest BCUT2D eigenvalue weighted by molar-refractivity contribution is 5.51. The first kappa shape index (κ1) is 14.0. The molecule has 1 aromatic carbocycles. The Kier molecular flexibility index (Phi) is 5.49. The Bertz CT molecular complexity index is 345. The maximum absolute atomic E-state index is 3.21. The van der Waals surface area contributed by atoms with Crippen LogP contribution in [0.3, 0.4) is 0 Å². The molecule has 0 spiro atoms. The average molecular weight is 234 g/mol. The summed E-state index contributed by atoms with van der Waals surface area (Å²) in [7, 11) is 1.99. The summed E-state index contributed by atoms with van der Waals surface area (Å²) >= 11 is 0. The smallest absolute Gasteiger partial charge is 0.0371 e. The van der Waals surface area contributed by atoms with Gasteiger partial charge >= 0.3 is 0 Å². The fourth-order valence-electron chi connectivity index (χ4n) is 2.17. The average Bonchev–Trinajstić information content (AvgIpc) is 2.28. The van der Waals surface area contributed by atoms with Crippen LogP contribution in [-0.2, 0) is 6.54 Å². The number of hydrogen-bond donors (Lipinski definition) is 1. The van der Waals surface area contributed by atoms with Gasteiger partial charge in [0.15, 0.2) is 0 Å². The Morgan fingerprint density at radius 3 is 2.47 bits per heavy atom. The van der Waals surface area contributed by atoms with Crippen molar-refractivity contribution in [2.45, 2.75) is 46.7 Å². The van der Waals surface area contributed by atoms with Crippen LogP contribution in [0.25, 0.3) is 0 Å². The molecule has 0 aromatic heterocycles. The molecule has 0 aliphatic rings. The Balaban J connectivity index is 2.93. The van der Waals surface area contributed by atoms with E-state index in [4.69, 9.17) is 0 Å². The lowest BCUT2D eigenvalue weighted by molar-refractivity contribution is 0.670. The number of benzene rings is 1. The molecule has 0 amide bonds. The number of nitrogens with one attached hydrogen (secondary N) is 1. The number of nitrogens with zero attached hydrogens (tertiary/aromatic N) is 1. The van der Waals surface area contributed by atoms with Crippen LogP contribution in [0.1, 0.15) is 38.3 Å². The molecule has 0 radical (unpaired) electrons. The third-order valence-electron chi connectivity index (χ3n) is 3.11. The number of aryl methyl sites for hydroxylation is 1. The molecule has 2 heteroatoms. The van der Waals surface area contributed by atoms with E-state index >= 15 is 0 Å². The minimum Gasteiger partial charge on any atom is -0.369 e. The summed E-state index contributed by atoms with van der Waals surface area (Å²) in [5, 5.41) is 3.21. The second kappa shape index (κ2) is 6.65. The number of anilines is 1. The van der Waals surface area contributed by atoms with E-state index in [0.29, 0.717) is 6.04 Å². The molecular weight excluding hydrogens is 208 g/mol. The van der Waals surface area contributed by atoms with E-state index in [9.17, 15) is 0 Å². The van der Waals surface area contributed by atoms with E-state index in [2.05, 4.69) is 56.1 Å². The molecule has 0 aliphatic heterocycles. The van der Waals surface area contributed by atoms with Gasteiger partial charge in [-0.1, -0.05) is 13.0 Å². The fourth-order valence-corrected chi connectivity index (χ4v) is 2.17. The number of rotatable bonds is 6. The van der Waals surface area contributed by atoms with Crippen LogP contribution < -0.4 is 10.2 Å². The van der Waals surface area contributed by atoms with Gasteiger partial charge in [-0.25, -0.2) is 0 Å². The zero-order valence-corrected chi connectivity index (χ0v) is 11.9. The molecule has 0 fully saturated rings. The fraction of sp³-hybridized carbons (Fsp3) is 0.600. The van der Waals surface area contributed by atoms with Crippen LogP contribution in [-0.4, -0.2) is 19.6 Å². The first-order valence-corrected chi connectivity index (χ1v) is 6.60. The summed E-state index contributed by atoms with van der Waals surface area (Å²) in [4.78, 5) is 2.47. The molecule has 0 bridgehead atoms. The minimum atomic E-state index is 0.560. The Labute approximate surface area is 106 Å². The Morgan fingerprint density at radius 1 is 1.29 bits per heavy atom. The van der Waals surface area contributed by atoms with E-state index in [1.807, 2.05) is 7.05 Å². The van der Waals surface area contributed by atoms with Crippen LogP contribution in [0, 0.1) is 6.92 Å². The van der Waals surface area contributed by atoms with Crippen molar-refractivity contribution in [3.05, 3.63) is 29.3 Å². The molecule has 1 N–H and O–H groups in total. The maximum Gasteiger partial charge on any atom is 0.0371 e. The maximum atomic E-state index is 3.21. The quantitative estimate of drug-likeness (QED) is 0.812. The van der Waals surface area contributed by atoms with Gasteiger partial charge in [0, 0.05) is 24.8 Å². The first-order chi connectivity index (χ1) is 8.10. The van der Waals surface area contributed by atoms with Crippen molar-refractivity contribution in [2.24, 2.45) is 0 Å². The monoisotopic (exact) mass is 234 g/mol. The minimum absolute atomic E-state index is 0.560. The highest BCUT2D eigenvalue weighted by Crippen LogP contribution is 2.21. The van der Waals surface area contributed by atoms with Gasteiger partial charge in [-0.2, -0.15) is 0 Å². The molecule has 96 valence electrons. The van der Waals surface area contributed by atoms with Crippen molar-refractivity contribution < 1.29 is 0 Å². The molecule has 0 unspecified atom stereocenters. The molecule has 0 atom stereocenters. The van der Waals surface area contributed by atoms with Gasteiger partial charge in [0.2, 0.25) is 0 Å². The van der Waals surface area contributed by atoms with Crippen LogP contribution in [0.15, 0.2) is 18.2 Å². The van der Waals surface area contributed by atoms with Crippen LogP contribution in [0.4, 0.5) is 5.69 Å². The molecule has 17 heavy (non-hydrogen) atoms. The van der Waals surface area contributed by atoms with E-state index in [1.54, 1.807) is 0 Å². The van der Waals surface area contributed by atoms with Gasteiger partial charge in [-0.3, -0.25) is 0 Å². The molecule has 0 saturated heterocycles. The zero-order valence-electron chi connectivity index (χ0n) is 11.9. The van der Waals surface area contributed by atoms with Gasteiger partial charge in [0.1, 0.15) is 0 Å². The zero-order chi connectivity index (χ0) is 12.8. The van der Waals surface area contributed by atoms with Gasteiger partial charge in [0.05, 0.1) is 0 Å². The first-order valence-electron chi connectivity index (χ1n) is 6.60. The van der Waals surface area contributed by atoms with E-state index < -0.39 is 0 Å². The molecule has 1 aromatic rings. The SMILES string of the molecule is CCCN(c1ccc(CNC)c(C)c1)C(C)C. The third kappa shape index (κ3) is 3.74. The van der Waals surface area contributed by atoms with Crippen molar-refractivity contribution in [2.75, 3.05) is 18.5 Å². The lowest BCUT2D eigenvalue weighted by atomic mass is 10.1. The summed E-state index contributed by atoms with van der Waals surface area (Å²) < 4.78 is 0. The highest BCUT2D eigenvalue weighted by Gasteiger charge is 2.10. The predicted molar refractivity (Wildman–Crippen MR) is 76.7 cm³/mol. The topological polar surface area (TPSA) is 15.3 Å². The Hall–Kier alpha value is -1.02. The number of hydrogen-bond acceptors (Lipinski definition) is 2. The van der Waals surface area contributed by atoms with Crippen molar-refractivity contribution in [3.63, 3.8) is 0 Å². The van der Waals surface area contributed by atoms with Crippen molar-refractivity contribution in [1.29, 1.82) is 0 Å². The van der Waals surface area contributed by atoms with Gasteiger partial charge < -0.3 is 10.2 Å². The van der Waals surface area contributed by atoms with E-state index in [1.165, 1.54) is 23.2 Å². The molecule has 2 nitrogen and oxygen atoms in total. The van der Waals surface area contributed by atoms with Crippen LogP contribution in [0.2, 0.25) is 0 Å². The van der Waals surface area contributed by atoms with Crippen molar-refractivity contribution >= 4 is 5.69 Å². The standard InChI is InChI=1S/C15H26N2/c1-6-9-17(12(2)3)15-8-7-14(11-16-5)13(4)10-15/h7-8,10,12,16H,6,9,11H2,1-5H3. The van der Waals surface area contributed by atoms with E-state index in [-0.39, 0.29) is 0 Å². The largest absolute Gasteiger partial charge is 0.369 e. The van der Waals surface area contributed by atoms with Gasteiger partial charge in [0.25, 0.3) is 0 Å². The summed E-state index contributed by atoms with van der Waals surface area (Å²) in [6, 6.07) is 7.36. The van der Waals surface area contributed by atoms with Gasteiger partial charge in [-0.05, 0) is 57.5 Å². The van der Waals surface area contributed by atoms with Crippen LogP contribution in [0.5, 0.6) is 0 Å². The summed E-state index contributed by atoms with van der Waals surface area (Å²) in [6.07, 6.45) is 1.19. The normalized spacial score (nSPS) is 10.9. The second-order valence-corrected chi connectivity index (χ2v) is 4.93. The second-order valence-electron chi connectivity index (χ2n) is 4.93. The molecule has 0 aliphatic carbocycles. The van der Waals surface area contributed by atoms with Crippen molar-refractivity contribution in [3.8, 4) is 0 Å². The summed E-state index contributed by atoms with van der Waals surface area (Å²) in [5.74, 6) is 0. The Morgan fingerprint density at radius 2 is 2.00 bits per heavy atom. The van der Waals surface area contributed by atoms with Gasteiger partial charge in [-0.15, -0.1) is 0 Å². The lowest BCUT2D eigenvalue weighted by Gasteiger charge is -2.29. The van der Waals surface area contributed by atoms with Crippen LogP contribution >= 0.6 is 0 Å². The van der Waals surface area contributed by atoms with Crippen molar-refractivity contribution in [1.82, 2.24) is 5.32 Å². The molecular formula is C15H26N2. The summed E-state index contributed by atoms with van der Waals surface area (Å²) in [6.45, 7) is 11.0. The van der Waals surface area contributed by atoms with E-state index in [0.717, 1.165) is 13.1 Å². The molecule has 0 saturated carbocycles. The highest BCUT2D eigenvalue weighted by atomic mass is 15.1. The summed E-state index contributed by atoms with van der Waals surface area (Å²) in [5.41, 5.74) is 4.11.